The highest BCUT2D eigenvalue weighted by Gasteiger charge is 2.32. The van der Waals surface area contributed by atoms with E-state index in [9.17, 15) is 0 Å². The van der Waals surface area contributed by atoms with Crippen molar-refractivity contribution in [2.75, 3.05) is 44.3 Å². The van der Waals surface area contributed by atoms with Gasteiger partial charge in [0.25, 0.3) is 6.47 Å². The van der Waals surface area contributed by atoms with Gasteiger partial charge in [0.1, 0.15) is 11.9 Å². The fraction of sp³-hybridized carbons (Fsp3) is 0.475. The van der Waals surface area contributed by atoms with Crippen LogP contribution in [0.1, 0.15) is 88.2 Å². The second kappa shape index (κ2) is 19.5. The molecule has 0 bridgehead atoms. The van der Waals surface area contributed by atoms with Crippen molar-refractivity contribution < 1.29 is 19.4 Å². The quantitative estimate of drug-likeness (QED) is 0.122. The Hall–Kier alpha value is -3.52. The average molecular weight is 676 g/mol. The Bertz CT molecular complexity index is 1510. The molecule has 8 heteroatoms. The first-order valence-corrected chi connectivity index (χ1v) is 18.1. The van der Waals surface area contributed by atoms with Crippen LogP contribution in [0.25, 0.3) is 10.9 Å². The minimum Gasteiger partial charge on any atom is -0.490 e. The van der Waals surface area contributed by atoms with Crippen LogP contribution in [-0.4, -0.2) is 67.0 Å². The smallest absolute Gasteiger partial charge is 0.290 e. The number of nitrogens with one attached hydrogen (secondary N) is 1. The van der Waals surface area contributed by atoms with E-state index in [1.807, 2.05) is 6.07 Å². The minimum absolute atomic E-state index is 0.101. The number of H-pyrrole nitrogens is 1. The van der Waals surface area contributed by atoms with E-state index < -0.39 is 0 Å². The Kier molecular flexibility index (Phi) is 15.1. The van der Waals surface area contributed by atoms with E-state index in [-0.39, 0.29) is 12.5 Å². The summed E-state index contributed by atoms with van der Waals surface area (Å²) >= 11 is 6.40. The van der Waals surface area contributed by atoms with Crippen molar-refractivity contribution in [2.45, 2.75) is 84.8 Å². The summed E-state index contributed by atoms with van der Waals surface area (Å²) in [6, 6.07) is 24.2. The molecule has 0 amide bonds. The molecule has 2 aliphatic rings. The van der Waals surface area contributed by atoms with E-state index in [0.29, 0.717) is 6.10 Å². The van der Waals surface area contributed by atoms with E-state index in [1.54, 1.807) is 0 Å². The predicted octanol–water partition coefficient (Wildman–Crippen LogP) is 9.31. The summed E-state index contributed by atoms with van der Waals surface area (Å²) in [4.78, 5) is 17.2. The van der Waals surface area contributed by atoms with Gasteiger partial charge in [-0.2, -0.15) is 0 Å². The van der Waals surface area contributed by atoms with E-state index in [1.165, 1.54) is 46.4 Å². The van der Waals surface area contributed by atoms with Gasteiger partial charge in [-0.1, -0.05) is 63.6 Å². The van der Waals surface area contributed by atoms with E-state index in [2.05, 4.69) is 103 Å². The minimum atomic E-state index is -0.250. The number of ether oxygens (including phenoxy) is 2. The van der Waals surface area contributed by atoms with Crippen LogP contribution < -0.4 is 9.64 Å². The van der Waals surface area contributed by atoms with Crippen molar-refractivity contribution in [3.05, 3.63) is 94.1 Å². The lowest BCUT2D eigenvalue weighted by molar-refractivity contribution is -0.122. The maximum absolute atomic E-state index is 8.36. The summed E-state index contributed by atoms with van der Waals surface area (Å²) in [7, 11) is 0. The van der Waals surface area contributed by atoms with Crippen molar-refractivity contribution in [1.29, 1.82) is 0 Å². The Morgan fingerprint density at radius 3 is 2.17 bits per heavy atom. The van der Waals surface area contributed by atoms with Gasteiger partial charge in [-0.3, -0.25) is 4.79 Å². The Labute approximate surface area is 292 Å². The average Bonchev–Trinajstić information content (AvgIpc) is 3.48. The fourth-order valence-corrected chi connectivity index (χ4v) is 6.86. The number of fused-ring (bicyclic) bond motifs is 3. The van der Waals surface area contributed by atoms with Crippen LogP contribution in [-0.2, 0) is 22.4 Å². The monoisotopic (exact) mass is 675 g/mol. The predicted molar refractivity (Wildman–Crippen MR) is 199 cm³/mol. The first kappa shape index (κ1) is 37.3. The molecule has 2 N–H and O–H groups in total. The first-order chi connectivity index (χ1) is 23.5. The molecule has 1 saturated heterocycles. The zero-order chi connectivity index (χ0) is 34.3. The second-order valence-electron chi connectivity index (χ2n) is 12.5. The van der Waals surface area contributed by atoms with Crippen LogP contribution in [0.3, 0.4) is 0 Å². The topological polar surface area (TPSA) is 78.0 Å². The molecule has 1 aromatic heterocycles. The summed E-state index contributed by atoms with van der Waals surface area (Å²) in [5.41, 5.74) is 7.70. The number of anilines is 1. The van der Waals surface area contributed by atoms with Gasteiger partial charge in [-0.05, 0) is 111 Å². The number of aromatic nitrogens is 1. The lowest BCUT2D eigenvalue weighted by atomic mass is 9.91. The number of rotatable bonds is 11. The number of piperidine rings is 1. The molecule has 1 fully saturated rings. The van der Waals surface area contributed by atoms with Crippen LogP contribution in [0.2, 0.25) is 5.02 Å². The molecule has 0 aliphatic carbocycles. The summed E-state index contributed by atoms with van der Waals surface area (Å²) < 4.78 is 11.6. The third-order valence-electron chi connectivity index (χ3n) is 9.04. The molecule has 0 spiro atoms. The van der Waals surface area contributed by atoms with Crippen LogP contribution in [0.15, 0.2) is 66.7 Å². The van der Waals surface area contributed by atoms with E-state index in [4.69, 9.17) is 31.0 Å². The van der Waals surface area contributed by atoms with Gasteiger partial charge in [0.05, 0.1) is 6.04 Å². The van der Waals surface area contributed by atoms with Crippen molar-refractivity contribution in [3.8, 4) is 5.75 Å². The Balaban J connectivity index is 0.000000458. The molecule has 7 nitrogen and oxygen atoms in total. The van der Waals surface area contributed by atoms with E-state index in [0.717, 1.165) is 87.7 Å². The van der Waals surface area contributed by atoms with E-state index >= 15 is 0 Å². The lowest BCUT2D eigenvalue weighted by Gasteiger charge is -2.38. The molecule has 1 unspecified atom stereocenters. The van der Waals surface area contributed by atoms with Crippen molar-refractivity contribution in [3.63, 3.8) is 0 Å². The van der Waals surface area contributed by atoms with Crippen molar-refractivity contribution in [2.24, 2.45) is 0 Å². The zero-order valence-electron chi connectivity index (χ0n) is 29.2. The lowest BCUT2D eigenvalue weighted by Crippen LogP contribution is -2.38. The Morgan fingerprint density at radius 2 is 1.56 bits per heavy atom. The van der Waals surface area contributed by atoms with Crippen LogP contribution >= 0.6 is 11.6 Å². The molecule has 260 valence electrons. The molecule has 3 aromatic carbocycles. The number of carbonyl (C=O) groups is 1. The molecular formula is C40H54ClN3O4. The highest BCUT2D eigenvalue weighted by molar-refractivity contribution is 6.31. The van der Waals surface area contributed by atoms with Crippen molar-refractivity contribution >= 4 is 34.7 Å². The molecule has 0 saturated carbocycles. The number of hydrogen-bond donors (Lipinski definition) is 2. The van der Waals surface area contributed by atoms with Crippen molar-refractivity contribution in [1.82, 2.24) is 9.88 Å². The third-order valence-corrected chi connectivity index (χ3v) is 9.27. The zero-order valence-corrected chi connectivity index (χ0v) is 30.0. The highest BCUT2D eigenvalue weighted by Crippen LogP contribution is 2.41. The molecule has 48 heavy (non-hydrogen) atoms. The van der Waals surface area contributed by atoms with Crippen LogP contribution in [0, 0.1) is 0 Å². The molecule has 4 aromatic rings. The summed E-state index contributed by atoms with van der Waals surface area (Å²) in [5.74, 6) is 0.973. The van der Waals surface area contributed by atoms with Gasteiger partial charge in [0, 0.05) is 60.2 Å². The molecule has 3 heterocycles. The maximum Gasteiger partial charge on any atom is 0.290 e. The summed E-state index contributed by atoms with van der Waals surface area (Å²) in [6.45, 7) is 14.7. The second-order valence-corrected chi connectivity index (χ2v) is 13.0. The highest BCUT2D eigenvalue weighted by atomic mass is 35.5. The number of hydrogen-bond acceptors (Lipinski definition) is 5. The maximum atomic E-state index is 8.36. The molecule has 0 radical (unpaired) electrons. The fourth-order valence-electron chi connectivity index (χ4n) is 6.69. The number of nitrogens with zero attached hydrogens (tertiary/aromatic N) is 2. The SMILES string of the molecule is CCCN1CCC(Oc2ccc(C3c4[nH]c5ccc(Cl)cc5c4CCN3c3ccc(CC)cc3)cc2)CC1.CCCOCCC.O=CO. The number of benzene rings is 3. The number of likely N-dealkylation sites (tertiary alicyclic amines) is 1. The normalized spacial score (nSPS) is 16.4. The molecule has 6 rings (SSSR count). The van der Waals surface area contributed by atoms with Gasteiger partial charge in [-0.25, -0.2) is 0 Å². The largest absolute Gasteiger partial charge is 0.490 e. The van der Waals surface area contributed by atoms with Gasteiger partial charge >= 0.3 is 0 Å². The first-order valence-electron chi connectivity index (χ1n) is 17.8. The number of aryl methyl sites for hydroxylation is 1. The van der Waals surface area contributed by atoms with Gasteiger partial charge < -0.3 is 29.4 Å². The van der Waals surface area contributed by atoms with Crippen LogP contribution in [0.5, 0.6) is 5.75 Å². The summed E-state index contributed by atoms with van der Waals surface area (Å²) in [5, 5.41) is 8.92. The third kappa shape index (κ3) is 10.0. The Morgan fingerprint density at radius 1 is 0.896 bits per heavy atom. The number of aromatic amines is 1. The van der Waals surface area contributed by atoms with Gasteiger partial charge in [0.2, 0.25) is 0 Å². The summed E-state index contributed by atoms with van der Waals surface area (Å²) in [6.07, 6.45) is 8.05. The van der Waals surface area contributed by atoms with Crippen LogP contribution in [0.4, 0.5) is 5.69 Å². The van der Waals surface area contributed by atoms with Gasteiger partial charge in [0.15, 0.2) is 0 Å². The molecular weight excluding hydrogens is 622 g/mol. The molecule has 1 atom stereocenters. The number of carboxylic acid groups (broad SMARTS) is 1. The van der Waals surface area contributed by atoms with Gasteiger partial charge in [-0.15, -0.1) is 0 Å². The number of halogens is 1. The molecule has 2 aliphatic heterocycles. The standard InChI is InChI=1S/C33H38ClN3O.C6H14O.CH2O2/c1-3-18-36-19-15-28(16-20-36)38-27-12-7-24(8-13-27)33-32-29(30-22-25(34)9-14-31(30)35-32)17-21-37(33)26-10-5-23(4-2)6-11-26;1-3-5-7-6-4-2;2-1-3/h5-14,22,28,33,35H,3-4,15-21H2,1-2H3;3-6H2,1-2H3;1H,(H,2,3).